The second kappa shape index (κ2) is 7.85. The molecule has 2 N–H and O–H groups in total. The molecule has 2 rings (SSSR count). The summed E-state index contributed by atoms with van der Waals surface area (Å²) in [6.45, 7) is 6.65. The fourth-order valence-corrected chi connectivity index (χ4v) is 2.54. The second-order valence-corrected chi connectivity index (χ2v) is 5.25. The van der Waals surface area contributed by atoms with Crippen molar-refractivity contribution < 1.29 is 4.79 Å². The summed E-state index contributed by atoms with van der Waals surface area (Å²) in [4.78, 5) is 18.1. The largest absolute Gasteiger partial charge is 0.370 e. The molecule has 1 aliphatic rings. The van der Waals surface area contributed by atoms with Gasteiger partial charge in [-0.2, -0.15) is 0 Å². The van der Waals surface area contributed by atoms with Gasteiger partial charge in [0.25, 0.3) is 0 Å². The van der Waals surface area contributed by atoms with Crippen molar-refractivity contribution in [3.05, 3.63) is 24.4 Å². The highest BCUT2D eigenvalue weighted by molar-refractivity contribution is 5.75. The topological polar surface area (TPSA) is 57.3 Å². The quantitative estimate of drug-likeness (QED) is 0.789. The third kappa shape index (κ3) is 4.81. The first-order valence-electron chi connectivity index (χ1n) is 7.42. The minimum absolute atomic E-state index is 0.155. The maximum absolute atomic E-state index is 11.4. The first-order valence-corrected chi connectivity index (χ1v) is 7.42. The van der Waals surface area contributed by atoms with E-state index in [0.717, 1.165) is 38.5 Å². The third-order valence-electron chi connectivity index (χ3n) is 3.64. The Kier molecular flexibility index (Phi) is 5.80. The Morgan fingerprint density at radius 2 is 2.40 bits per heavy atom. The molecule has 0 aliphatic carbocycles. The summed E-state index contributed by atoms with van der Waals surface area (Å²) in [6, 6.07) is 5.90. The second-order valence-electron chi connectivity index (χ2n) is 5.25. The number of aromatic nitrogens is 1. The van der Waals surface area contributed by atoms with Crippen LogP contribution in [0.15, 0.2) is 24.4 Å². The molecule has 1 aromatic heterocycles. The van der Waals surface area contributed by atoms with E-state index in [1.807, 2.05) is 25.1 Å². The lowest BCUT2D eigenvalue weighted by atomic mass is 10.1. The first-order chi connectivity index (χ1) is 9.78. The van der Waals surface area contributed by atoms with Crippen LogP contribution in [-0.4, -0.2) is 48.5 Å². The van der Waals surface area contributed by atoms with Crippen LogP contribution in [0, 0.1) is 5.92 Å². The number of pyridine rings is 1. The molecule has 1 aromatic rings. The Balaban J connectivity index is 1.64. The number of hydrogen-bond donors (Lipinski definition) is 2. The molecule has 0 spiro atoms. The number of nitrogens with one attached hydrogen (secondary N) is 2. The summed E-state index contributed by atoms with van der Waals surface area (Å²) >= 11 is 0. The molecule has 0 saturated carbocycles. The summed E-state index contributed by atoms with van der Waals surface area (Å²) in [5, 5.41) is 6.22. The minimum atomic E-state index is 0.155. The van der Waals surface area contributed by atoms with Gasteiger partial charge in [0.2, 0.25) is 5.91 Å². The number of carbonyl (C=O) groups excluding carboxylic acids is 1. The monoisotopic (exact) mass is 276 g/mol. The van der Waals surface area contributed by atoms with Crippen molar-refractivity contribution in [1.29, 1.82) is 0 Å². The van der Waals surface area contributed by atoms with Gasteiger partial charge in [-0.05, 0) is 37.9 Å². The lowest BCUT2D eigenvalue weighted by Crippen LogP contribution is -2.30. The van der Waals surface area contributed by atoms with Gasteiger partial charge in [-0.25, -0.2) is 4.98 Å². The minimum Gasteiger partial charge on any atom is -0.370 e. The van der Waals surface area contributed by atoms with Crippen molar-refractivity contribution in [3.8, 4) is 0 Å². The van der Waals surface area contributed by atoms with E-state index in [2.05, 4.69) is 20.5 Å². The van der Waals surface area contributed by atoms with Crippen LogP contribution in [0.25, 0.3) is 0 Å². The highest BCUT2D eigenvalue weighted by Gasteiger charge is 2.22. The maximum Gasteiger partial charge on any atom is 0.221 e. The normalized spacial score (nSPS) is 18.9. The average molecular weight is 276 g/mol. The fraction of sp³-hybridized carbons (Fsp3) is 0.600. The number of carbonyl (C=O) groups is 1. The Hall–Kier alpha value is -1.62. The van der Waals surface area contributed by atoms with Crippen LogP contribution >= 0.6 is 0 Å². The summed E-state index contributed by atoms with van der Waals surface area (Å²) < 4.78 is 0. The Bertz CT molecular complexity index is 410. The summed E-state index contributed by atoms with van der Waals surface area (Å²) in [5.41, 5.74) is 0. The molecule has 5 heteroatoms. The lowest BCUT2D eigenvalue weighted by molar-refractivity contribution is -0.121. The number of amides is 1. The molecule has 5 nitrogen and oxygen atoms in total. The van der Waals surface area contributed by atoms with Gasteiger partial charge >= 0.3 is 0 Å². The average Bonchev–Trinajstić information content (AvgIpc) is 2.92. The van der Waals surface area contributed by atoms with E-state index in [0.29, 0.717) is 12.3 Å². The van der Waals surface area contributed by atoms with Crippen LogP contribution in [0.5, 0.6) is 0 Å². The van der Waals surface area contributed by atoms with E-state index >= 15 is 0 Å². The van der Waals surface area contributed by atoms with Crippen molar-refractivity contribution in [2.45, 2.75) is 19.8 Å². The summed E-state index contributed by atoms with van der Waals surface area (Å²) in [6.07, 6.45) is 3.60. The van der Waals surface area contributed by atoms with Crippen LogP contribution in [0.2, 0.25) is 0 Å². The molecular weight excluding hydrogens is 252 g/mol. The van der Waals surface area contributed by atoms with E-state index in [1.54, 1.807) is 6.20 Å². The molecule has 1 aliphatic heterocycles. The predicted molar refractivity (Wildman–Crippen MR) is 80.6 cm³/mol. The zero-order valence-corrected chi connectivity index (χ0v) is 12.1. The van der Waals surface area contributed by atoms with Crippen LogP contribution in [0.4, 0.5) is 5.82 Å². The highest BCUT2D eigenvalue weighted by atomic mass is 16.1. The first kappa shape index (κ1) is 14.8. The van der Waals surface area contributed by atoms with Gasteiger partial charge in [0.05, 0.1) is 0 Å². The molecule has 1 fully saturated rings. The molecule has 2 heterocycles. The fourth-order valence-electron chi connectivity index (χ4n) is 2.54. The molecular formula is C15H24N4O. The molecule has 0 radical (unpaired) electrons. The predicted octanol–water partition coefficient (Wildman–Crippen LogP) is 1.34. The van der Waals surface area contributed by atoms with Gasteiger partial charge in [0.1, 0.15) is 5.82 Å². The van der Waals surface area contributed by atoms with Crippen LogP contribution in [-0.2, 0) is 4.79 Å². The Labute approximate surface area is 120 Å². The van der Waals surface area contributed by atoms with E-state index < -0.39 is 0 Å². The van der Waals surface area contributed by atoms with Crippen LogP contribution in [0.1, 0.15) is 19.8 Å². The number of rotatable bonds is 7. The molecule has 110 valence electrons. The van der Waals surface area contributed by atoms with E-state index in [1.165, 1.54) is 6.42 Å². The molecule has 0 bridgehead atoms. The van der Waals surface area contributed by atoms with E-state index in [9.17, 15) is 4.79 Å². The molecule has 1 saturated heterocycles. The molecule has 0 aromatic carbocycles. The Morgan fingerprint density at radius 3 is 3.15 bits per heavy atom. The van der Waals surface area contributed by atoms with Crippen molar-refractivity contribution in [2.75, 3.05) is 38.0 Å². The van der Waals surface area contributed by atoms with E-state index in [-0.39, 0.29) is 5.91 Å². The molecule has 1 amide bonds. The summed E-state index contributed by atoms with van der Waals surface area (Å²) in [5.74, 6) is 1.74. The molecule has 0 unspecified atom stereocenters. The SMILES string of the molecule is CCNC(=O)CCN1CC[C@@H](CNc2ccccn2)C1. The smallest absolute Gasteiger partial charge is 0.221 e. The van der Waals surface area contributed by atoms with Crippen LogP contribution in [0.3, 0.4) is 0 Å². The third-order valence-corrected chi connectivity index (χ3v) is 3.64. The standard InChI is InChI=1S/C15H24N4O/c1-2-16-15(20)7-10-19-9-6-13(12-19)11-18-14-5-3-4-8-17-14/h3-5,8,13H,2,6-7,9-12H2,1H3,(H,16,20)(H,17,18)/t13-/m0/s1. The molecule has 20 heavy (non-hydrogen) atoms. The zero-order valence-electron chi connectivity index (χ0n) is 12.1. The van der Waals surface area contributed by atoms with Gasteiger partial charge in [-0.1, -0.05) is 6.07 Å². The number of anilines is 1. The number of hydrogen-bond acceptors (Lipinski definition) is 4. The summed E-state index contributed by atoms with van der Waals surface area (Å²) in [7, 11) is 0. The highest BCUT2D eigenvalue weighted by Crippen LogP contribution is 2.16. The zero-order chi connectivity index (χ0) is 14.2. The van der Waals surface area contributed by atoms with Crippen molar-refractivity contribution >= 4 is 11.7 Å². The number of nitrogens with zero attached hydrogens (tertiary/aromatic N) is 2. The molecule has 1 atom stereocenters. The van der Waals surface area contributed by atoms with Gasteiger partial charge in [0, 0.05) is 38.8 Å². The van der Waals surface area contributed by atoms with Crippen molar-refractivity contribution in [2.24, 2.45) is 5.92 Å². The van der Waals surface area contributed by atoms with Gasteiger partial charge in [-0.3, -0.25) is 4.79 Å². The lowest BCUT2D eigenvalue weighted by Gasteiger charge is -2.16. The van der Waals surface area contributed by atoms with Gasteiger partial charge in [0.15, 0.2) is 0 Å². The van der Waals surface area contributed by atoms with E-state index in [4.69, 9.17) is 0 Å². The van der Waals surface area contributed by atoms with Crippen molar-refractivity contribution in [1.82, 2.24) is 15.2 Å². The van der Waals surface area contributed by atoms with Gasteiger partial charge < -0.3 is 15.5 Å². The number of likely N-dealkylation sites (tertiary alicyclic amines) is 1. The van der Waals surface area contributed by atoms with Crippen LogP contribution < -0.4 is 10.6 Å². The maximum atomic E-state index is 11.4. The Morgan fingerprint density at radius 1 is 1.50 bits per heavy atom. The van der Waals surface area contributed by atoms with Gasteiger partial charge in [-0.15, -0.1) is 0 Å². The van der Waals surface area contributed by atoms with Crippen molar-refractivity contribution in [3.63, 3.8) is 0 Å².